The number of ether oxygens (including phenoxy) is 1. The van der Waals surface area contributed by atoms with Crippen LogP contribution < -0.4 is 10.1 Å². The van der Waals surface area contributed by atoms with Gasteiger partial charge in [0.05, 0.1) is 11.9 Å². The second kappa shape index (κ2) is 6.59. The first-order valence-corrected chi connectivity index (χ1v) is 7.03. The lowest BCUT2D eigenvalue weighted by Gasteiger charge is -2.20. The Morgan fingerprint density at radius 2 is 1.81 bits per heavy atom. The van der Waals surface area contributed by atoms with Crippen molar-refractivity contribution in [3.8, 4) is 11.5 Å². The van der Waals surface area contributed by atoms with Crippen molar-refractivity contribution < 1.29 is 9.84 Å². The van der Waals surface area contributed by atoms with Crippen LogP contribution in [0.5, 0.6) is 11.5 Å². The largest absolute Gasteiger partial charge is 0.508 e. The maximum atomic E-state index is 9.22. The summed E-state index contributed by atoms with van der Waals surface area (Å²) in [5, 5.41) is 12.6. The standard InChI is InChI=1S/C17H22N2O2/c1-17(2,3)19-10-14-6-9-16(11-18-14)21-12-13-4-7-15(20)8-5-13/h4-9,11,19-20H,10,12H2,1-3H3. The van der Waals surface area contributed by atoms with Crippen LogP contribution in [-0.4, -0.2) is 15.6 Å². The number of phenolic OH excluding ortho intramolecular Hbond substituents is 1. The molecular weight excluding hydrogens is 264 g/mol. The Kier molecular flexibility index (Phi) is 4.81. The highest BCUT2D eigenvalue weighted by atomic mass is 16.5. The number of hydrogen-bond donors (Lipinski definition) is 2. The van der Waals surface area contributed by atoms with Gasteiger partial charge >= 0.3 is 0 Å². The number of hydrogen-bond acceptors (Lipinski definition) is 4. The van der Waals surface area contributed by atoms with Crippen LogP contribution in [0.15, 0.2) is 42.6 Å². The fourth-order valence-corrected chi connectivity index (χ4v) is 1.72. The number of pyridine rings is 1. The van der Waals surface area contributed by atoms with Gasteiger partial charge in [-0.15, -0.1) is 0 Å². The number of nitrogens with one attached hydrogen (secondary N) is 1. The Labute approximate surface area is 125 Å². The van der Waals surface area contributed by atoms with Crippen molar-refractivity contribution in [2.24, 2.45) is 0 Å². The first-order valence-electron chi connectivity index (χ1n) is 7.03. The van der Waals surface area contributed by atoms with Gasteiger partial charge in [-0.2, -0.15) is 0 Å². The number of benzene rings is 1. The zero-order valence-corrected chi connectivity index (χ0v) is 12.8. The summed E-state index contributed by atoms with van der Waals surface area (Å²) in [5.74, 6) is 0.999. The first kappa shape index (κ1) is 15.3. The molecule has 0 radical (unpaired) electrons. The van der Waals surface area contributed by atoms with Gasteiger partial charge < -0.3 is 15.2 Å². The minimum absolute atomic E-state index is 0.0791. The van der Waals surface area contributed by atoms with Crippen LogP contribution in [0.2, 0.25) is 0 Å². The summed E-state index contributed by atoms with van der Waals surface area (Å²) in [6, 6.07) is 10.9. The van der Waals surface area contributed by atoms with Crippen LogP contribution >= 0.6 is 0 Å². The maximum Gasteiger partial charge on any atom is 0.138 e. The van der Waals surface area contributed by atoms with Gasteiger partial charge in [-0.25, -0.2) is 0 Å². The van der Waals surface area contributed by atoms with Crippen molar-refractivity contribution in [1.82, 2.24) is 10.3 Å². The Morgan fingerprint density at radius 1 is 1.10 bits per heavy atom. The van der Waals surface area contributed by atoms with Crippen molar-refractivity contribution in [3.05, 3.63) is 53.9 Å². The van der Waals surface area contributed by atoms with Crippen molar-refractivity contribution >= 4 is 0 Å². The van der Waals surface area contributed by atoms with E-state index < -0.39 is 0 Å². The van der Waals surface area contributed by atoms with Crippen molar-refractivity contribution in [2.75, 3.05) is 0 Å². The predicted octanol–water partition coefficient (Wildman–Crippen LogP) is 3.25. The molecule has 0 bridgehead atoms. The predicted molar refractivity (Wildman–Crippen MR) is 83.3 cm³/mol. The monoisotopic (exact) mass is 286 g/mol. The summed E-state index contributed by atoms with van der Waals surface area (Å²) in [4.78, 5) is 4.38. The van der Waals surface area contributed by atoms with E-state index in [4.69, 9.17) is 4.74 Å². The number of phenols is 1. The summed E-state index contributed by atoms with van der Waals surface area (Å²) < 4.78 is 5.67. The third-order valence-corrected chi connectivity index (χ3v) is 2.94. The molecule has 1 aromatic heterocycles. The average molecular weight is 286 g/mol. The van der Waals surface area contributed by atoms with Gasteiger partial charge in [0.2, 0.25) is 0 Å². The van der Waals surface area contributed by atoms with E-state index in [1.807, 2.05) is 24.3 Å². The highest BCUT2D eigenvalue weighted by molar-refractivity contribution is 5.26. The van der Waals surface area contributed by atoms with E-state index in [9.17, 15) is 5.11 Å². The van der Waals surface area contributed by atoms with Gasteiger partial charge in [0, 0.05) is 12.1 Å². The molecule has 0 saturated carbocycles. The van der Waals surface area contributed by atoms with Crippen LogP contribution in [0, 0.1) is 0 Å². The summed E-state index contributed by atoms with van der Waals surface area (Å²) in [6.07, 6.45) is 1.74. The molecule has 2 N–H and O–H groups in total. The minimum atomic E-state index is 0.0791. The molecule has 0 unspecified atom stereocenters. The van der Waals surface area contributed by atoms with E-state index >= 15 is 0 Å². The molecule has 1 aromatic carbocycles. The molecule has 0 amide bonds. The van der Waals surface area contributed by atoms with Crippen molar-refractivity contribution in [1.29, 1.82) is 0 Å². The molecule has 1 heterocycles. The molecule has 2 aromatic rings. The second-order valence-corrected chi connectivity index (χ2v) is 6.04. The minimum Gasteiger partial charge on any atom is -0.508 e. The van der Waals surface area contributed by atoms with Gasteiger partial charge in [0.1, 0.15) is 18.1 Å². The SMILES string of the molecule is CC(C)(C)NCc1ccc(OCc2ccc(O)cc2)cn1. The van der Waals surface area contributed by atoms with Crippen LogP contribution in [0.1, 0.15) is 32.0 Å². The number of aromatic hydroxyl groups is 1. The summed E-state index contributed by atoms with van der Waals surface area (Å²) >= 11 is 0. The van der Waals surface area contributed by atoms with Gasteiger partial charge in [-0.3, -0.25) is 4.98 Å². The zero-order valence-electron chi connectivity index (χ0n) is 12.8. The van der Waals surface area contributed by atoms with E-state index in [1.54, 1.807) is 18.3 Å². The Balaban J connectivity index is 1.86. The Hall–Kier alpha value is -2.07. The molecule has 0 atom stereocenters. The zero-order chi connectivity index (χ0) is 15.3. The quantitative estimate of drug-likeness (QED) is 0.886. The van der Waals surface area contributed by atoms with Gasteiger partial charge in [0.25, 0.3) is 0 Å². The van der Waals surface area contributed by atoms with E-state index in [1.165, 1.54) is 0 Å². The molecule has 0 fully saturated rings. The molecule has 0 aliphatic heterocycles. The summed E-state index contributed by atoms with van der Waals surface area (Å²) in [6.45, 7) is 7.58. The number of nitrogens with zero attached hydrogens (tertiary/aromatic N) is 1. The molecule has 0 spiro atoms. The van der Waals surface area contributed by atoms with E-state index in [0.717, 1.165) is 23.6 Å². The van der Waals surface area contributed by atoms with Crippen molar-refractivity contribution in [2.45, 2.75) is 39.5 Å². The Bertz CT molecular complexity index is 557. The van der Waals surface area contributed by atoms with E-state index in [-0.39, 0.29) is 11.3 Å². The van der Waals surface area contributed by atoms with E-state index in [0.29, 0.717) is 6.61 Å². The average Bonchev–Trinajstić information content (AvgIpc) is 2.45. The lowest BCUT2D eigenvalue weighted by atomic mass is 10.1. The molecule has 0 aliphatic rings. The maximum absolute atomic E-state index is 9.22. The van der Waals surface area contributed by atoms with Gasteiger partial charge in [-0.1, -0.05) is 12.1 Å². The molecule has 0 aliphatic carbocycles. The topological polar surface area (TPSA) is 54.4 Å². The van der Waals surface area contributed by atoms with Crippen molar-refractivity contribution in [3.63, 3.8) is 0 Å². The highest BCUT2D eigenvalue weighted by Gasteiger charge is 2.08. The molecule has 0 saturated heterocycles. The molecular formula is C17H22N2O2. The molecule has 4 heteroatoms. The van der Waals surface area contributed by atoms with Crippen LogP contribution in [0.25, 0.3) is 0 Å². The third kappa shape index (κ3) is 5.44. The van der Waals surface area contributed by atoms with Crippen LogP contribution in [0.3, 0.4) is 0 Å². The molecule has 4 nitrogen and oxygen atoms in total. The van der Waals surface area contributed by atoms with Gasteiger partial charge in [-0.05, 0) is 50.6 Å². The highest BCUT2D eigenvalue weighted by Crippen LogP contribution is 2.14. The fraction of sp³-hybridized carbons (Fsp3) is 0.353. The van der Waals surface area contributed by atoms with Crippen LogP contribution in [-0.2, 0) is 13.2 Å². The van der Waals surface area contributed by atoms with Crippen LogP contribution in [0.4, 0.5) is 0 Å². The Morgan fingerprint density at radius 3 is 2.38 bits per heavy atom. The second-order valence-electron chi connectivity index (χ2n) is 6.04. The fourth-order valence-electron chi connectivity index (χ4n) is 1.72. The normalized spacial score (nSPS) is 11.4. The molecule has 21 heavy (non-hydrogen) atoms. The van der Waals surface area contributed by atoms with E-state index in [2.05, 4.69) is 31.1 Å². The summed E-state index contributed by atoms with van der Waals surface area (Å²) in [7, 11) is 0. The first-order chi connectivity index (χ1) is 9.92. The molecule has 112 valence electrons. The summed E-state index contributed by atoms with van der Waals surface area (Å²) in [5.41, 5.74) is 2.07. The third-order valence-electron chi connectivity index (χ3n) is 2.94. The number of rotatable bonds is 5. The van der Waals surface area contributed by atoms with Gasteiger partial charge in [0.15, 0.2) is 0 Å². The lowest BCUT2D eigenvalue weighted by Crippen LogP contribution is -2.35. The number of aromatic nitrogens is 1. The molecule has 2 rings (SSSR count). The smallest absolute Gasteiger partial charge is 0.138 e. The lowest BCUT2D eigenvalue weighted by molar-refractivity contribution is 0.304.